The molecular weight excluding hydrogens is 268 g/mol. The zero-order chi connectivity index (χ0) is 13.7. The van der Waals surface area contributed by atoms with Gasteiger partial charge in [0.15, 0.2) is 5.76 Å². The molecule has 0 aliphatic carbocycles. The first-order valence-electron chi connectivity index (χ1n) is 5.87. The van der Waals surface area contributed by atoms with Crippen LogP contribution in [-0.2, 0) is 6.61 Å². The number of hydrogen-bond acceptors (Lipinski definition) is 5. The number of rotatable bonds is 6. The number of hydrogen-bond donors (Lipinski definition) is 3. The summed E-state index contributed by atoms with van der Waals surface area (Å²) >= 11 is 5.51. The van der Waals surface area contributed by atoms with Gasteiger partial charge in [0, 0.05) is 23.9 Å². The van der Waals surface area contributed by atoms with Gasteiger partial charge >= 0.3 is 0 Å². The van der Waals surface area contributed by atoms with Crippen LogP contribution in [0.15, 0.2) is 34.9 Å². The molecule has 0 fully saturated rings. The van der Waals surface area contributed by atoms with Gasteiger partial charge in [-0.2, -0.15) is 0 Å². The molecule has 0 bridgehead atoms. The minimum Gasteiger partial charge on any atom is -0.390 e. The fourth-order valence-corrected chi connectivity index (χ4v) is 1.68. The van der Waals surface area contributed by atoms with Gasteiger partial charge in [-0.1, -0.05) is 17.3 Å². The molecule has 6 heteroatoms. The molecule has 3 N–H and O–H groups in total. The second kappa shape index (κ2) is 6.56. The molecule has 1 aromatic carbocycles. The highest BCUT2D eigenvalue weighted by Gasteiger charge is 2.06. The number of anilines is 1. The van der Waals surface area contributed by atoms with Gasteiger partial charge in [0.2, 0.25) is 0 Å². The summed E-state index contributed by atoms with van der Waals surface area (Å²) in [6.07, 6.45) is -0.566. The van der Waals surface area contributed by atoms with E-state index in [4.69, 9.17) is 21.2 Å². The molecular formula is C13H15ClN2O3. The van der Waals surface area contributed by atoms with E-state index in [1.807, 2.05) is 24.3 Å². The summed E-state index contributed by atoms with van der Waals surface area (Å²) in [5.41, 5.74) is 2.46. The van der Waals surface area contributed by atoms with Gasteiger partial charge in [-0.3, -0.25) is 0 Å². The minimum absolute atomic E-state index is 0.164. The van der Waals surface area contributed by atoms with E-state index in [1.54, 1.807) is 6.07 Å². The van der Waals surface area contributed by atoms with E-state index < -0.39 is 6.10 Å². The lowest BCUT2D eigenvalue weighted by molar-refractivity contribution is 0.211. The average molecular weight is 283 g/mol. The molecule has 102 valence electrons. The maximum atomic E-state index is 9.34. The molecule has 0 aliphatic heterocycles. The molecule has 0 saturated carbocycles. The molecule has 0 radical (unpaired) electrons. The van der Waals surface area contributed by atoms with Crippen LogP contribution in [0, 0.1) is 0 Å². The van der Waals surface area contributed by atoms with Gasteiger partial charge in [-0.15, -0.1) is 11.6 Å². The third-order valence-electron chi connectivity index (χ3n) is 2.62. The van der Waals surface area contributed by atoms with Crippen molar-refractivity contribution < 1.29 is 14.7 Å². The zero-order valence-corrected chi connectivity index (χ0v) is 11.0. The van der Waals surface area contributed by atoms with Crippen molar-refractivity contribution in [2.45, 2.75) is 12.7 Å². The summed E-state index contributed by atoms with van der Waals surface area (Å²) in [5.74, 6) is 0.635. The highest BCUT2D eigenvalue weighted by atomic mass is 35.5. The van der Waals surface area contributed by atoms with Crippen molar-refractivity contribution in [2.75, 3.05) is 17.7 Å². The van der Waals surface area contributed by atoms with Crippen molar-refractivity contribution in [2.24, 2.45) is 0 Å². The predicted octanol–water partition coefficient (Wildman–Crippen LogP) is 1.85. The van der Waals surface area contributed by atoms with Crippen molar-refractivity contribution in [1.82, 2.24) is 5.16 Å². The van der Waals surface area contributed by atoms with Gasteiger partial charge < -0.3 is 20.1 Å². The van der Waals surface area contributed by atoms with E-state index in [0.717, 1.165) is 11.3 Å². The number of nitrogens with one attached hydrogen (secondary N) is 1. The topological polar surface area (TPSA) is 78.5 Å². The molecule has 1 unspecified atom stereocenters. The maximum absolute atomic E-state index is 9.34. The van der Waals surface area contributed by atoms with Gasteiger partial charge in [-0.25, -0.2) is 0 Å². The molecule has 1 heterocycles. The largest absolute Gasteiger partial charge is 0.390 e. The Kier molecular flexibility index (Phi) is 4.79. The first kappa shape index (κ1) is 13.9. The molecule has 19 heavy (non-hydrogen) atoms. The molecule has 2 aromatic rings. The smallest absolute Gasteiger partial charge is 0.162 e. The summed E-state index contributed by atoms with van der Waals surface area (Å²) in [4.78, 5) is 0. The monoisotopic (exact) mass is 282 g/mol. The van der Waals surface area contributed by atoms with E-state index >= 15 is 0 Å². The molecule has 0 amide bonds. The van der Waals surface area contributed by atoms with Crippen LogP contribution in [0.2, 0.25) is 0 Å². The number of nitrogens with zero attached hydrogens (tertiary/aromatic N) is 1. The van der Waals surface area contributed by atoms with E-state index in [0.29, 0.717) is 18.0 Å². The van der Waals surface area contributed by atoms with Crippen molar-refractivity contribution >= 4 is 17.3 Å². The Labute approximate surface area is 115 Å². The van der Waals surface area contributed by atoms with Crippen LogP contribution in [0.4, 0.5) is 5.69 Å². The zero-order valence-electron chi connectivity index (χ0n) is 10.2. The van der Waals surface area contributed by atoms with Crippen LogP contribution in [-0.4, -0.2) is 33.9 Å². The second-order valence-electron chi connectivity index (χ2n) is 4.10. The number of aromatic nitrogens is 1. The van der Waals surface area contributed by atoms with Crippen LogP contribution in [0.1, 0.15) is 5.76 Å². The van der Waals surface area contributed by atoms with Crippen molar-refractivity contribution in [3.05, 3.63) is 36.1 Å². The van der Waals surface area contributed by atoms with E-state index in [9.17, 15) is 5.11 Å². The van der Waals surface area contributed by atoms with E-state index in [-0.39, 0.29) is 12.5 Å². The van der Waals surface area contributed by atoms with Crippen LogP contribution in [0.5, 0.6) is 0 Å². The Morgan fingerprint density at radius 2 is 2.05 bits per heavy atom. The fraction of sp³-hybridized carbons (Fsp3) is 0.308. The molecule has 1 atom stereocenters. The minimum atomic E-state index is -0.566. The maximum Gasteiger partial charge on any atom is 0.162 e. The normalized spacial score (nSPS) is 12.4. The lowest BCUT2D eigenvalue weighted by atomic mass is 10.1. The number of benzene rings is 1. The van der Waals surface area contributed by atoms with Crippen LogP contribution < -0.4 is 5.32 Å². The lowest BCUT2D eigenvalue weighted by Crippen LogP contribution is -2.20. The lowest BCUT2D eigenvalue weighted by Gasteiger charge is -2.10. The Morgan fingerprint density at radius 3 is 2.63 bits per heavy atom. The summed E-state index contributed by atoms with van der Waals surface area (Å²) < 4.78 is 4.93. The third-order valence-corrected chi connectivity index (χ3v) is 2.97. The first-order chi connectivity index (χ1) is 9.22. The molecule has 1 aromatic heterocycles. The Hall–Kier alpha value is -1.56. The Bertz CT molecular complexity index is 513. The van der Waals surface area contributed by atoms with Gasteiger partial charge in [-0.05, 0) is 12.1 Å². The summed E-state index contributed by atoms with van der Waals surface area (Å²) in [6, 6.07) is 9.22. The Balaban J connectivity index is 2.01. The van der Waals surface area contributed by atoms with Crippen molar-refractivity contribution in [3.63, 3.8) is 0 Å². The number of alkyl halides is 1. The average Bonchev–Trinajstić information content (AvgIpc) is 2.94. The van der Waals surface area contributed by atoms with Crippen LogP contribution in [0.3, 0.4) is 0 Å². The van der Waals surface area contributed by atoms with E-state index in [2.05, 4.69) is 10.5 Å². The highest BCUT2D eigenvalue weighted by molar-refractivity contribution is 6.18. The number of aliphatic hydroxyl groups excluding tert-OH is 2. The van der Waals surface area contributed by atoms with Crippen LogP contribution in [0.25, 0.3) is 11.3 Å². The Morgan fingerprint density at radius 1 is 1.32 bits per heavy atom. The SMILES string of the molecule is OCc1cc(-c2ccc(NCC(O)CCl)cc2)no1. The number of halogens is 1. The van der Waals surface area contributed by atoms with Gasteiger partial charge in [0.05, 0.1) is 12.0 Å². The summed E-state index contributed by atoms with van der Waals surface area (Å²) in [7, 11) is 0. The molecule has 0 saturated heterocycles. The fourth-order valence-electron chi connectivity index (χ4n) is 1.57. The second-order valence-corrected chi connectivity index (χ2v) is 4.41. The summed E-state index contributed by atoms with van der Waals surface area (Å²) in [6.45, 7) is 0.240. The summed E-state index contributed by atoms with van der Waals surface area (Å²) in [5, 5.41) is 25.2. The molecule has 2 rings (SSSR count). The highest BCUT2D eigenvalue weighted by Crippen LogP contribution is 2.21. The van der Waals surface area contributed by atoms with E-state index in [1.165, 1.54) is 0 Å². The predicted molar refractivity (Wildman–Crippen MR) is 73.1 cm³/mol. The molecule has 0 aliphatic rings. The molecule has 0 spiro atoms. The van der Waals surface area contributed by atoms with Gasteiger partial charge in [0.25, 0.3) is 0 Å². The third kappa shape index (κ3) is 3.70. The quantitative estimate of drug-likeness (QED) is 0.705. The van der Waals surface area contributed by atoms with Crippen LogP contribution >= 0.6 is 11.6 Å². The van der Waals surface area contributed by atoms with Crippen molar-refractivity contribution in [3.8, 4) is 11.3 Å². The number of aliphatic hydroxyl groups is 2. The van der Waals surface area contributed by atoms with Gasteiger partial charge in [0.1, 0.15) is 12.3 Å². The standard InChI is InChI=1S/C13H15ClN2O3/c14-6-11(18)7-15-10-3-1-9(2-4-10)13-5-12(8-17)19-16-13/h1-5,11,15,17-18H,6-8H2. The first-order valence-corrected chi connectivity index (χ1v) is 6.41. The van der Waals surface area contributed by atoms with Crippen molar-refractivity contribution in [1.29, 1.82) is 0 Å². The molecule has 5 nitrogen and oxygen atoms in total.